The van der Waals surface area contributed by atoms with Crippen LogP contribution in [0.2, 0.25) is 5.02 Å². The fraction of sp³-hybridized carbons (Fsp3) is 0.583. The maximum absolute atomic E-state index is 13.0. The second-order valence-corrected chi connectivity index (χ2v) is 5.45. The van der Waals surface area contributed by atoms with Gasteiger partial charge in [0.25, 0.3) is 11.6 Å². The topological polar surface area (TPSA) is 70.7 Å². The lowest BCUT2D eigenvalue weighted by atomic mass is 10.1. The van der Waals surface area contributed by atoms with Crippen molar-refractivity contribution in [3.63, 3.8) is 0 Å². The molecule has 1 aliphatic rings. The Kier molecular flexibility index (Phi) is 3.99. The van der Waals surface area contributed by atoms with E-state index >= 15 is 0 Å². The highest BCUT2D eigenvalue weighted by Gasteiger charge is 2.62. The van der Waals surface area contributed by atoms with E-state index in [-0.39, 0.29) is 5.01 Å². The molecule has 2 atom stereocenters. The molecule has 2 unspecified atom stereocenters. The van der Waals surface area contributed by atoms with E-state index in [4.69, 9.17) is 11.6 Å². The quantitative estimate of drug-likeness (QED) is 0.898. The minimum absolute atomic E-state index is 0.0576. The molecule has 0 aromatic carbocycles. The van der Waals surface area contributed by atoms with Crippen molar-refractivity contribution in [1.82, 2.24) is 14.8 Å². The second-order valence-electron chi connectivity index (χ2n) is 5.07. The van der Waals surface area contributed by atoms with E-state index in [1.807, 2.05) is 0 Å². The van der Waals surface area contributed by atoms with Gasteiger partial charge in [0.2, 0.25) is 0 Å². The molecule has 0 spiro atoms. The van der Waals surface area contributed by atoms with Gasteiger partial charge < -0.3 is 5.11 Å². The second kappa shape index (κ2) is 5.24. The Labute approximate surface area is 129 Å². The smallest absolute Gasteiger partial charge is 0.362 e. The van der Waals surface area contributed by atoms with Gasteiger partial charge >= 0.3 is 6.18 Å². The summed E-state index contributed by atoms with van der Waals surface area (Å²) in [6, 6.07) is -1.10. The molecule has 0 bridgehead atoms. The van der Waals surface area contributed by atoms with Crippen molar-refractivity contribution in [2.75, 3.05) is 0 Å². The normalized spacial score (nSPS) is 23.2. The summed E-state index contributed by atoms with van der Waals surface area (Å²) in [5.74, 6) is -1.03. The van der Waals surface area contributed by atoms with Gasteiger partial charge in [-0.3, -0.25) is 9.48 Å². The fourth-order valence-corrected chi connectivity index (χ4v) is 2.33. The number of alkyl halides is 3. The molecular formula is C12H14ClF3N4O2. The van der Waals surface area contributed by atoms with Gasteiger partial charge in [0.1, 0.15) is 6.04 Å². The standard InChI is InChI=1S/C12H14ClF3N4O2/c1-6-9(13)7(2)19(18-6)8(3)10(21)20-11(22,4-5-17-20)12(14,15)16/h5,8,22H,4H2,1-3H3. The van der Waals surface area contributed by atoms with Gasteiger partial charge in [-0.15, -0.1) is 0 Å². The average molecular weight is 339 g/mol. The van der Waals surface area contributed by atoms with Crippen molar-refractivity contribution >= 4 is 23.7 Å². The summed E-state index contributed by atoms with van der Waals surface area (Å²) in [5.41, 5.74) is -2.44. The lowest BCUT2D eigenvalue weighted by molar-refractivity contribution is -0.302. The van der Waals surface area contributed by atoms with Gasteiger partial charge in [0, 0.05) is 12.6 Å². The van der Waals surface area contributed by atoms with Crippen molar-refractivity contribution < 1.29 is 23.1 Å². The molecule has 0 aliphatic carbocycles. The van der Waals surface area contributed by atoms with Crippen LogP contribution in [0.15, 0.2) is 5.10 Å². The first-order valence-corrected chi connectivity index (χ1v) is 6.75. The predicted molar refractivity (Wildman–Crippen MR) is 72.4 cm³/mol. The number of rotatable bonds is 2. The number of hydrogen-bond acceptors (Lipinski definition) is 4. The summed E-state index contributed by atoms with van der Waals surface area (Å²) in [6.07, 6.45) is -4.98. The number of carbonyl (C=O) groups excluding carboxylic acids is 1. The van der Waals surface area contributed by atoms with Crippen LogP contribution in [0.4, 0.5) is 13.2 Å². The molecule has 2 rings (SSSR count). The van der Waals surface area contributed by atoms with Crippen LogP contribution in [0, 0.1) is 13.8 Å². The van der Waals surface area contributed by atoms with Crippen LogP contribution in [0.25, 0.3) is 0 Å². The SMILES string of the molecule is Cc1nn(C(C)C(=O)N2N=CCC2(O)C(F)(F)F)c(C)c1Cl. The Bertz CT molecular complexity index is 643. The Balaban J connectivity index is 2.35. The number of nitrogens with zero attached hydrogens (tertiary/aromatic N) is 4. The van der Waals surface area contributed by atoms with E-state index in [1.54, 1.807) is 13.8 Å². The van der Waals surface area contributed by atoms with Crippen molar-refractivity contribution in [1.29, 1.82) is 0 Å². The molecule has 0 fully saturated rings. The summed E-state index contributed by atoms with van der Waals surface area (Å²) in [5, 5.41) is 17.6. The Hall–Kier alpha value is -1.61. The van der Waals surface area contributed by atoms with Gasteiger partial charge in [0.15, 0.2) is 0 Å². The van der Waals surface area contributed by atoms with Crippen molar-refractivity contribution in [2.45, 2.75) is 45.1 Å². The van der Waals surface area contributed by atoms with Crippen LogP contribution in [0.3, 0.4) is 0 Å². The number of halogens is 4. The molecule has 0 saturated heterocycles. The zero-order valence-electron chi connectivity index (χ0n) is 12.0. The molecule has 22 heavy (non-hydrogen) atoms. The zero-order chi connectivity index (χ0) is 16.9. The number of amides is 1. The van der Waals surface area contributed by atoms with E-state index in [0.29, 0.717) is 16.4 Å². The minimum Gasteiger partial charge on any atom is -0.362 e. The maximum Gasteiger partial charge on any atom is 0.438 e. The first-order chi connectivity index (χ1) is 10.0. The fourth-order valence-electron chi connectivity index (χ4n) is 2.21. The first kappa shape index (κ1) is 16.8. The summed E-state index contributed by atoms with van der Waals surface area (Å²) in [6.45, 7) is 4.57. The molecule has 1 aromatic rings. The molecule has 122 valence electrons. The highest BCUT2D eigenvalue weighted by Crippen LogP contribution is 2.39. The van der Waals surface area contributed by atoms with Gasteiger partial charge in [-0.25, -0.2) is 0 Å². The van der Waals surface area contributed by atoms with Crippen LogP contribution in [0.1, 0.15) is 30.8 Å². The number of aryl methyl sites for hydroxylation is 1. The molecule has 1 amide bonds. The van der Waals surface area contributed by atoms with Crippen LogP contribution in [-0.2, 0) is 4.79 Å². The van der Waals surface area contributed by atoms with E-state index in [0.717, 1.165) is 6.21 Å². The summed E-state index contributed by atoms with van der Waals surface area (Å²) >= 11 is 5.97. The largest absolute Gasteiger partial charge is 0.438 e. The third-order valence-corrected chi connectivity index (χ3v) is 4.09. The van der Waals surface area contributed by atoms with Crippen LogP contribution < -0.4 is 0 Å². The summed E-state index contributed by atoms with van der Waals surface area (Å²) in [4.78, 5) is 12.3. The molecule has 2 heterocycles. The minimum atomic E-state index is -5.02. The monoisotopic (exact) mass is 338 g/mol. The molecule has 6 nitrogen and oxygen atoms in total. The van der Waals surface area contributed by atoms with Crippen molar-refractivity contribution in [3.05, 3.63) is 16.4 Å². The molecular weight excluding hydrogens is 325 g/mol. The van der Waals surface area contributed by atoms with Gasteiger partial charge in [-0.05, 0) is 20.8 Å². The molecule has 10 heteroatoms. The van der Waals surface area contributed by atoms with Crippen molar-refractivity contribution in [3.8, 4) is 0 Å². The maximum atomic E-state index is 13.0. The summed E-state index contributed by atoms with van der Waals surface area (Å²) in [7, 11) is 0. The molecule has 1 aliphatic heterocycles. The third-order valence-electron chi connectivity index (χ3n) is 3.55. The molecule has 0 radical (unpaired) electrons. The first-order valence-electron chi connectivity index (χ1n) is 6.37. The Morgan fingerprint density at radius 3 is 2.55 bits per heavy atom. The number of carbonyl (C=O) groups is 1. The number of aromatic nitrogens is 2. The average Bonchev–Trinajstić information content (AvgIpc) is 2.94. The Morgan fingerprint density at radius 2 is 2.09 bits per heavy atom. The van der Waals surface area contributed by atoms with E-state index in [9.17, 15) is 23.1 Å². The predicted octanol–water partition coefficient (Wildman–Crippen LogP) is 2.18. The van der Waals surface area contributed by atoms with Gasteiger partial charge in [-0.2, -0.15) is 28.4 Å². The number of hydrogen-bond donors (Lipinski definition) is 1. The zero-order valence-corrected chi connectivity index (χ0v) is 12.8. The van der Waals surface area contributed by atoms with E-state index in [1.165, 1.54) is 11.6 Å². The molecule has 1 N–H and O–H groups in total. The van der Waals surface area contributed by atoms with Crippen LogP contribution in [0.5, 0.6) is 0 Å². The Morgan fingerprint density at radius 1 is 1.50 bits per heavy atom. The summed E-state index contributed by atoms with van der Waals surface area (Å²) < 4.78 is 40.2. The molecule has 1 aromatic heterocycles. The van der Waals surface area contributed by atoms with E-state index in [2.05, 4.69) is 10.2 Å². The lowest BCUT2D eigenvalue weighted by Crippen LogP contribution is -2.57. The van der Waals surface area contributed by atoms with Crippen molar-refractivity contribution in [2.24, 2.45) is 5.10 Å². The highest BCUT2D eigenvalue weighted by atomic mass is 35.5. The molecule has 0 saturated carbocycles. The third kappa shape index (κ3) is 2.38. The van der Waals surface area contributed by atoms with Gasteiger partial charge in [-0.1, -0.05) is 11.6 Å². The van der Waals surface area contributed by atoms with Gasteiger partial charge in [0.05, 0.1) is 16.4 Å². The lowest BCUT2D eigenvalue weighted by Gasteiger charge is -2.34. The number of hydrazone groups is 1. The van der Waals surface area contributed by atoms with Crippen LogP contribution in [-0.4, -0.2) is 43.9 Å². The van der Waals surface area contributed by atoms with Crippen LogP contribution >= 0.6 is 11.6 Å². The highest BCUT2D eigenvalue weighted by molar-refractivity contribution is 6.31. The number of aliphatic hydroxyl groups is 1. The van der Waals surface area contributed by atoms with E-state index < -0.39 is 30.3 Å².